The van der Waals surface area contributed by atoms with E-state index in [-0.39, 0.29) is 36.2 Å². The second-order valence-corrected chi connectivity index (χ2v) is 4.99. The Balaban J connectivity index is 2.52. The smallest absolute Gasteiger partial charge is 0.294 e. The summed E-state index contributed by atoms with van der Waals surface area (Å²) in [6, 6.07) is 1.93. The monoisotopic (exact) mass is 304 g/mol. The number of rotatable bonds is 3. The van der Waals surface area contributed by atoms with E-state index in [0.717, 1.165) is 12.1 Å². The number of hydrogen-bond acceptors (Lipinski definition) is 4. The van der Waals surface area contributed by atoms with Gasteiger partial charge in [-0.1, -0.05) is 11.6 Å². The summed E-state index contributed by atoms with van der Waals surface area (Å²) in [6.45, 7) is 0.256. The number of carbonyl (C=O) groups is 1. The lowest BCUT2D eigenvalue weighted by Gasteiger charge is -2.18. The van der Waals surface area contributed by atoms with Crippen molar-refractivity contribution in [3.05, 3.63) is 33.1 Å². The van der Waals surface area contributed by atoms with Crippen molar-refractivity contribution in [2.24, 2.45) is 5.92 Å². The zero-order chi connectivity index (χ0) is 14.2. The van der Waals surface area contributed by atoms with Crippen LogP contribution in [0, 0.1) is 21.8 Å². The summed E-state index contributed by atoms with van der Waals surface area (Å²) in [4.78, 5) is 23.3. The van der Waals surface area contributed by atoms with Crippen LogP contribution >= 0.6 is 24.2 Å². The summed E-state index contributed by atoms with van der Waals surface area (Å²) >= 11 is 9.89. The Morgan fingerprint density at radius 3 is 2.79 bits per heavy atom. The van der Waals surface area contributed by atoms with Gasteiger partial charge >= 0.3 is 0 Å². The fraction of sp³-hybridized carbons (Fsp3) is 0.364. The molecule has 0 bridgehead atoms. The molecule has 0 aliphatic carbocycles. The van der Waals surface area contributed by atoms with Gasteiger partial charge < -0.3 is 4.90 Å². The Kier molecular flexibility index (Phi) is 3.96. The first-order chi connectivity index (χ1) is 8.95. The van der Waals surface area contributed by atoms with Gasteiger partial charge in [-0.3, -0.25) is 14.9 Å². The van der Waals surface area contributed by atoms with Gasteiger partial charge in [0.15, 0.2) is 0 Å². The van der Waals surface area contributed by atoms with Crippen LogP contribution in [-0.2, 0) is 4.79 Å². The van der Waals surface area contributed by atoms with E-state index in [9.17, 15) is 19.3 Å². The van der Waals surface area contributed by atoms with Crippen LogP contribution in [0.1, 0.15) is 6.42 Å². The second-order valence-electron chi connectivity index (χ2n) is 4.24. The molecule has 1 aliphatic heterocycles. The molecule has 0 saturated carbocycles. The van der Waals surface area contributed by atoms with E-state index in [4.69, 9.17) is 11.6 Å². The molecule has 0 radical (unpaired) electrons. The predicted molar refractivity (Wildman–Crippen MR) is 72.4 cm³/mol. The van der Waals surface area contributed by atoms with Crippen LogP contribution in [0.4, 0.5) is 15.8 Å². The fourth-order valence-electron chi connectivity index (χ4n) is 2.05. The summed E-state index contributed by atoms with van der Waals surface area (Å²) in [5, 5.41) is 10.6. The number of nitro groups is 1. The van der Waals surface area contributed by atoms with Crippen molar-refractivity contribution >= 4 is 41.5 Å². The number of hydrogen-bond donors (Lipinski definition) is 1. The quantitative estimate of drug-likeness (QED) is 0.530. The molecule has 19 heavy (non-hydrogen) atoms. The molecule has 1 saturated heterocycles. The van der Waals surface area contributed by atoms with E-state index in [1.54, 1.807) is 0 Å². The molecule has 5 nitrogen and oxygen atoms in total. The highest BCUT2D eigenvalue weighted by Crippen LogP contribution is 2.40. The van der Waals surface area contributed by atoms with Gasteiger partial charge in [-0.25, -0.2) is 4.39 Å². The van der Waals surface area contributed by atoms with Crippen molar-refractivity contribution in [1.82, 2.24) is 0 Å². The molecule has 1 aliphatic rings. The molecule has 1 unspecified atom stereocenters. The Bertz CT molecular complexity index is 555. The van der Waals surface area contributed by atoms with Gasteiger partial charge in [0.2, 0.25) is 5.91 Å². The van der Waals surface area contributed by atoms with Gasteiger partial charge in [0.25, 0.3) is 5.69 Å². The van der Waals surface area contributed by atoms with E-state index in [1.807, 2.05) is 0 Å². The fourth-order valence-corrected chi connectivity index (χ4v) is 2.56. The van der Waals surface area contributed by atoms with Gasteiger partial charge in [0.1, 0.15) is 16.5 Å². The second kappa shape index (κ2) is 5.34. The zero-order valence-electron chi connectivity index (χ0n) is 9.68. The van der Waals surface area contributed by atoms with Crippen LogP contribution in [0.2, 0.25) is 5.02 Å². The molecule has 1 amide bonds. The Morgan fingerprint density at radius 2 is 2.26 bits per heavy atom. The van der Waals surface area contributed by atoms with Crippen molar-refractivity contribution in [3.8, 4) is 0 Å². The van der Waals surface area contributed by atoms with E-state index in [0.29, 0.717) is 5.75 Å². The number of nitro benzene ring substituents is 1. The average molecular weight is 305 g/mol. The molecule has 0 aromatic heterocycles. The molecule has 0 N–H and O–H groups in total. The van der Waals surface area contributed by atoms with Crippen LogP contribution in [0.25, 0.3) is 0 Å². The van der Waals surface area contributed by atoms with Gasteiger partial charge in [-0.05, 0) is 17.7 Å². The van der Waals surface area contributed by atoms with Crippen molar-refractivity contribution in [2.75, 3.05) is 17.2 Å². The van der Waals surface area contributed by atoms with Gasteiger partial charge in [-0.15, -0.1) is 0 Å². The number of halogens is 2. The molecule has 0 spiro atoms. The summed E-state index contributed by atoms with van der Waals surface area (Å²) in [5.74, 6) is -0.642. The number of anilines is 1. The lowest BCUT2D eigenvalue weighted by Crippen LogP contribution is -2.26. The molecular formula is C11H10ClFN2O3S. The summed E-state index contributed by atoms with van der Waals surface area (Å²) < 4.78 is 13.5. The average Bonchev–Trinajstić information content (AvgIpc) is 2.73. The van der Waals surface area contributed by atoms with E-state index >= 15 is 0 Å². The zero-order valence-corrected chi connectivity index (χ0v) is 11.3. The number of amides is 1. The normalized spacial score (nSPS) is 19.0. The highest BCUT2D eigenvalue weighted by molar-refractivity contribution is 7.80. The molecule has 1 aromatic rings. The van der Waals surface area contributed by atoms with E-state index in [1.165, 1.54) is 4.90 Å². The van der Waals surface area contributed by atoms with Gasteiger partial charge in [0.05, 0.1) is 4.92 Å². The molecule has 1 aromatic carbocycles. The van der Waals surface area contributed by atoms with E-state index in [2.05, 4.69) is 12.6 Å². The van der Waals surface area contributed by atoms with Gasteiger partial charge in [-0.2, -0.15) is 12.6 Å². The lowest BCUT2D eigenvalue weighted by atomic mass is 10.1. The van der Waals surface area contributed by atoms with Crippen LogP contribution in [-0.4, -0.2) is 23.1 Å². The maximum absolute atomic E-state index is 13.5. The van der Waals surface area contributed by atoms with Crippen LogP contribution < -0.4 is 4.90 Å². The molecular weight excluding hydrogens is 295 g/mol. The predicted octanol–water partition coefficient (Wildman–Crippen LogP) is 2.67. The Hall–Kier alpha value is -1.34. The molecule has 8 heteroatoms. The third-order valence-corrected chi connectivity index (χ3v) is 3.85. The van der Waals surface area contributed by atoms with Crippen molar-refractivity contribution < 1.29 is 14.1 Å². The topological polar surface area (TPSA) is 63.5 Å². The molecule has 102 valence electrons. The summed E-state index contributed by atoms with van der Waals surface area (Å²) in [5.41, 5.74) is -0.541. The highest BCUT2D eigenvalue weighted by atomic mass is 35.5. The van der Waals surface area contributed by atoms with Crippen LogP contribution in [0.5, 0.6) is 0 Å². The van der Waals surface area contributed by atoms with Crippen molar-refractivity contribution in [3.63, 3.8) is 0 Å². The first-order valence-electron chi connectivity index (χ1n) is 5.49. The first kappa shape index (κ1) is 14.1. The maximum Gasteiger partial charge on any atom is 0.294 e. The summed E-state index contributed by atoms with van der Waals surface area (Å²) in [6.07, 6.45) is 0.230. The summed E-state index contributed by atoms with van der Waals surface area (Å²) in [7, 11) is 0. The number of nitrogens with zero attached hydrogens (tertiary/aromatic N) is 2. The third kappa shape index (κ3) is 2.52. The minimum absolute atomic E-state index is 0.0187. The highest BCUT2D eigenvalue weighted by Gasteiger charge is 2.36. The number of thiol groups is 1. The molecule has 1 fully saturated rings. The molecule has 1 atom stereocenters. The van der Waals surface area contributed by atoms with E-state index < -0.39 is 15.8 Å². The SMILES string of the molecule is O=C1CC(CS)CN1c1c([N+](=O)[O-])ccc(F)c1Cl. The van der Waals surface area contributed by atoms with Crippen LogP contribution in [0.3, 0.4) is 0 Å². The largest absolute Gasteiger partial charge is 0.305 e. The Morgan fingerprint density at radius 1 is 1.58 bits per heavy atom. The van der Waals surface area contributed by atoms with Crippen LogP contribution in [0.15, 0.2) is 12.1 Å². The third-order valence-electron chi connectivity index (χ3n) is 2.98. The minimum atomic E-state index is -0.788. The molecule has 2 rings (SSSR count). The number of carbonyl (C=O) groups excluding carboxylic acids is 1. The minimum Gasteiger partial charge on any atom is -0.305 e. The van der Waals surface area contributed by atoms with Crippen molar-refractivity contribution in [1.29, 1.82) is 0 Å². The maximum atomic E-state index is 13.5. The Labute approximate surface area is 118 Å². The molecule has 1 heterocycles. The number of benzene rings is 1. The lowest BCUT2D eigenvalue weighted by molar-refractivity contribution is -0.384. The van der Waals surface area contributed by atoms with Crippen molar-refractivity contribution in [2.45, 2.75) is 6.42 Å². The van der Waals surface area contributed by atoms with Gasteiger partial charge in [0, 0.05) is 19.0 Å². The first-order valence-corrected chi connectivity index (χ1v) is 6.50. The standard InChI is InChI=1S/C11H10ClFN2O3S/c12-10-7(13)1-2-8(15(17)18)11(10)14-4-6(5-19)3-9(14)16/h1-2,6,19H,3-5H2.